The molecule has 0 spiro atoms. The van der Waals surface area contributed by atoms with Crippen LogP contribution in [0.25, 0.3) is 3.58 Å². The predicted molar refractivity (Wildman–Crippen MR) is 81.2 cm³/mol. The highest BCUT2D eigenvalue weighted by atomic mass is 127. The number of hydrogen-bond acceptors (Lipinski definition) is 4. The molecule has 0 N–H and O–H groups in total. The number of morpholine rings is 1. The summed E-state index contributed by atoms with van der Waals surface area (Å²) in [5.41, 5.74) is 1.63. The maximum atomic E-state index is 13.3. The van der Waals surface area contributed by atoms with Crippen LogP contribution in [0.5, 0.6) is 0 Å². The second-order valence-electron chi connectivity index (χ2n) is 4.82. The molecule has 0 saturated carbocycles. The zero-order valence-electron chi connectivity index (χ0n) is 10.4. The third-order valence-electron chi connectivity index (χ3n) is 3.16. The van der Waals surface area contributed by atoms with Crippen molar-refractivity contribution in [2.75, 3.05) is 18.0 Å². The molecule has 2 aliphatic rings. The zero-order chi connectivity index (χ0) is 15.4. The van der Waals surface area contributed by atoms with Crippen molar-refractivity contribution in [3.8, 4) is 0 Å². The van der Waals surface area contributed by atoms with E-state index in [1.807, 2.05) is 6.08 Å². The first-order valence-electron chi connectivity index (χ1n) is 5.93. The van der Waals surface area contributed by atoms with Crippen LogP contribution in [-0.4, -0.2) is 30.3 Å². The number of halogens is 5. The number of alkyl halides is 4. The van der Waals surface area contributed by atoms with Crippen molar-refractivity contribution in [3.63, 3.8) is 0 Å². The molecule has 9 heteroatoms. The van der Waals surface area contributed by atoms with Gasteiger partial charge < -0.3 is 4.90 Å². The number of anilines is 1. The molecule has 21 heavy (non-hydrogen) atoms. The number of nitrogens with zero attached hydrogens (tertiary/aromatic N) is 2. The third-order valence-corrected chi connectivity index (χ3v) is 4.49. The van der Waals surface area contributed by atoms with Gasteiger partial charge in [-0.3, -0.25) is 9.72 Å². The molecule has 1 saturated heterocycles. The van der Waals surface area contributed by atoms with Crippen LogP contribution in [0.15, 0.2) is 18.3 Å². The monoisotopic (exact) mass is 432 g/mol. The van der Waals surface area contributed by atoms with E-state index in [1.165, 1.54) is 6.20 Å². The molecule has 0 radical (unpaired) electrons. The Labute approximate surface area is 136 Å². The minimum absolute atomic E-state index is 0.173. The summed E-state index contributed by atoms with van der Waals surface area (Å²) >= 11 is 6.40. The molecular weight excluding hydrogens is 423 g/mol. The van der Waals surface area contributed by atoms with E-state index < -0.39 is 25.3 Å². The molecule has 1 aliphatic heterocycles. The van der Waals surface area contributed by atoms with E-state index in [0.717, 1.165) is 14.0 Å². The maximum Gasteiger partial charge on any atom is 0.377 e. The fourth-order valence-corrected chi connectivity index (χ4v) is 3.77. The van der Waals surface area contributed by atoms with Gasteiger partial charge in [0.05, 0.1) is 22.8 Å². The first-order valence-corrected chi connectivity index (χ1v) is 7.53. The minimum atomic E-state index is -3.91. The lowest BCUT2D eigenvalue weighted by molar-refractivity contribution is -0.380. The first-order chi connectivity index (χ1) is 9.67. The zero-order valence-corrected chi connectivity index (χ0v) is 13.4. The Morgan fingerprint density at radius 2 is 1.90 bits per heavy atom. The predicted octanol–water partition coefficient (Wildman–Crippen LogP) is 3.86. The van der Waals surface area contributed by atoms with Crippen LogP contribution in [-0.2, 0) is 4.74 Å². The fraction of sp³-hybridized carbons (Fsp3) is 0.417. The van der Waals surface area contributed by atoms with Crippen LogP contribution in [0.4, 0.5) is 23.2 Å². The number of ether oxygens (including phenoxy) is 1. The van der Waals surface area contributed by atoms with Gasteiger partial charge >= 0.3 is 12.2 Å². The number of thiol groups is 1. The van der Waals surface area contributed by atoms with Crippen LogP contribution in [0.1, 0.15) is 16.5 Å². The summed E-state index contributed by atoms with van der Waals surface area (Å²) in [5, 5.41) is -0.173. The number of pyridine rings is 1. The summed E-state index contributed by atoms with van der Waals surface area (Å²) < 4.78 is 57.4. The van der Waals surface area contributed by atoms with Gasteiger partial charge in [-0.25, -0.2) is 0 Å². The molecule has 1 fully saturated rings. The molecule has 0 amide bonds. The van der Waals surface area contributed by atoms with Crippen molar-refractivity contribution in [1.29, 1.82) is 0 Å². The van der Waals surface area contributed by atoms with E-state index in [2.05, 4.69) is 44.9 Å². The average Bonchev–Trinajstić information content (AvgIpc) is 2.61. The van der Waals surface area contributed by atoms with Gasteiger partial charge in [0.25, 0.3) is 0 Å². The van der Waals surface area contributed by atoms with Crippen molar-refractivity contribution in [2.24, 2.45) is 0 Å². The van der Waals surface area contributed by atoms with E-state index in [9.17, 15) is 17.6 Å². The summed E-state index contributed by atoms with van der Waals surface area (Å²) in [6.45, 7) is -1.87. The van der Waals surface area contributed by atoms with Crippen LogP contribution < -0.4 is 4.90 Å². The molecule has 1 aromatic heterocycles. The Morgan fingerprint density at radius 1 is 1.29 bits per heavy atom. The van der Waals surface area contributed by atoms with Gasteiger partial charge in [0.15, 0.2) is 0 Å². The molecule has 1 aromatic rings. The van der Waals surface area contributed by atoms with Gasteiger partial charge in [0.2, 0.25) is 0 Å². The van der Waals surface area contributed by atoms with E-state index in [4.69, 9.17) is 0 Å². The molecule has 0 bridgehead atoms. The largest absolute Gasteiger partial charge is 0.377 e. The molecule has 3 nitrogen and oxygen atoms in total. The second kappa shape index (κ2) is 4.98. The van der Waals surface area contributed by atoms with Gasteiger partial charge in [-0.2, -0.15) is 30.2 Å². The summed E-state index contributed by atoms with van der Waals surface area (Å²) in [4.78, 5) is 5.04. The Balaban J connectivity index is 1.95. The highest BCUT2D eigenvalue weighted by Crippen LogP contribution is 2.42. The van der Waals surface area contributed by atoms with Crippen molar-refractivity contribution >= 4 is 44.5 Å². The van der Waals surface area contributed by atoms with Crippen molar-refractivity contribution in [3.05, 3.63) is 29.6 Å². The molecule has 1 unspecified atom stereocenters. The molecule has 1 atom stereocenters. The first kappa shape index (κ1) is 15.3. The van der Waals surface area contributed by atoms with E-state index in [0.29, 0.717) is 5.69 Å². The molecule has 3 rings (SSSR count). The Bertz CT molecular complexity index is 609. The van der Waals surface area contributed by atoms with Crippen molar-refractivity contribution in [2.45, 2.75) is 17.5 Å². The van der Waals surface area contributed by atoms with Crippen molar-refractivity contribution < 1.29 is 22.3 Å². The summed E-state index contributed by atoms with van der Waals surface area (Å²) in [6.07, 6.45) is -4.65. The van der Waals surface area contributed by atoms with E-state index in [1.54, 1.807) is 6.07 Å². The minimum Gasteiger partial charge on any atom is -0.353 e. The Morgan fingerprint density at radius 3 is 2.52 bits per heavy atom. The summed E-state index contributed by atoms with van der Waals surface area (Å²) in [6, 6.07) is 1.58. The van der Waals surface area contributed by atoms with Crippen LogP contribution in [0, 0.1) is 0 Å². The number of hydrogen-bond donors (Lipinski definition) is 1. The fourth-order valence-electron chi connectivity index (χ4n) is 2.34. The molecular formula is C12H9F4IN2OS. The highest BCUT2D eigenvalue weighted by molar-refractivity contribution is 14.1. The lowest BCUT2D eigenvalue weighted by Crippen LogP contribution is -2.55. The number of fused-ring (bicyclic) bond motifs is 1. The summed E-state index contributed by atoms with van der Waals surface area (Å²) in [7, 11) is 0. The molecule has 0 aromatic carbocycles. The van der Waals surface area contributed by atoms with Gasteiger partial charge in [-0.05, 0) is 28.7 Å². The van der Waals surface area contributed by atoms with Crippen LogP contribution in [0.2, 0.25) is 0 Å². The third kappa shape index (κ3) is 3.00. The Kier molecular flexibility index (Phi) is 3.64. The number of aromatic nitrogens is 1. The quantitative estimate of drug-likeness (QED) is 0.415. The maximum absolute atomic E-state index is 13.3. The second-order valence-corrected chi connectivity index (χ2v) is 6.54. The Hall–Kier alpha value is -0.550. The SMILES string of the molecule is FC1(F)CN(c2cnc3c(c2)C(I)=CC3S)CC(F)(F)O1. The van der Waals surface area contributed by atoms with Gasteiger partial charge in [0.1, 0.15) is 13.1 Å². The average molecular weight is 432 g/mol. The molecule has 2 heterocycles. The van der Waals surface area contributed by atoms with Crippen molar-refractivity contribution in [1.82, 2.24) is 4.98 Å². The number of rotatable bonds is 1. The lowest BCUT2D eigenvalue weighted by atomic mass is 10.2. The molecule has 1 aliphatic carbocycles. The normalized spacial score (nSPS) is 26.5. The lowest BCUT2D eigenvalue weighted by Gasteiger charge is -2.38. The van der Waals surface area contributed by atoms with Crippen LogP contribution in [0.3, 0.4) is 0 Å². The van der Waals surface area contributed by atoms with E-state index >= 15 is 0 Å². The standard InChI is InChI=1S/C12H9F4IN2OS/c13-11(14)4-19(5-12(15,16)20-11)6-1-7-8(17)2-9(21)10(7)18-3-6/h1-3,9,21H,4-5H2. The highest BCUT2D eigenvalue weighted by Gasteiger charge is 2.51. The summed E-state index contributed by atoms with van der Waals surface area (Å²) in [5.74, 6) is 0. The van der Waals surface area contributed by atoms with Gasteiger partial charge in [-0.15, -0.1) is 0 Å². The smallest absolute Gasteiger partial charge is 0.353 e. The van der Waals surface area contributed by atoms with Gasteiger partial charge in [0, 0.05) is 9.14 Å². The molecule has 114 valence electrons. The van der Waals surface area contributed by atoms with E-state index in [-0.39, 0.29) is 10.9 Å². The van der Waals surface area contributed by atoms with Gasteiger partial charge in [-0.1, -0.05) is 6.08 Å². The topological polar surface area (TPSA) is 25.4 Å². The van der Waals surface area contributed by atoms with Crippen LogP contribution >= 0.6 is 35.2 Å².